The molecule has 1 heterocycles. The SMILES string of the molecule is Cl.NCCCC[C@@H](N)c1ccc2c(c1)OCCO2. The van der Waals surface area contributed by atoms with Crippen molar-refractivity contribution in [2.75, 3.05) is 19.8 Å². The van der Waals surface area contributed by atoms with Gasteiger partial charge in [0.1, 0.15) is 13.2 Å². The maximum Gasteiger partial charge on any atom is 0.161 e. The first-order chi connectivity index (χ1) is 8.31. The Bertz CT molecular complexity index is 374. The molecule has 4 N–H and O–H groups in total. The first kappa shape index (κ1) is 15.1. The molecule has 2 rings (SSSR count). The number of benzene rings is 1. The monoisotopic (exact) mass is 272 g/mol. The third-order valence-electron chi connectivity index (χ3n) is 2.96. The third-order valence-corrected chi connectivity index (χ3v) is 2.96. The van der Waals surface area contributed by atoms with Crippen molar-refractivity contribution < 1.29 is 9.47 Å². The Morgan fingerprint density at radius 3 is 2.56 bits per heavy atom. The molecular formula is C13H21ClN2O2. The summed E-state index contributed by atoms with van der Waals surface area (Å²) in [6.07, 6.45) is 3.04. The van der Waals surface area contributed by atoms with Crippen LogP contribution in [-0.2, 0) is 0 Å². The molecule has 1 aliphatic heterocycles. The number of unbranched alkanes of at least 4 members (excludes halogenated alkanes) is 1. The fraction of sp³-hybridized carbons (Fsp3) is 0.538. The molecule has 1 atom stereocenters. The number of hydrogen-bond donors (Lipinski definition) is 2. The molecule has 0 fully saturated rings. The Labute approximate surface area is 114 Å². The minimum absolute atomic E-state index is 0. The summed E-state index contributed by atoms with van der Waals surface area (Å²) in [6, 6.07) is 5.99. The van der Waals surface area contributed by atoms with E-state index in [1.807, 2.05) is 18.2 Å². The largest absolute Gasteiger partial charge is 0.486 e. The molecule has 1 aliphatic rings. The van der Waals surface area contributed by atoms with Gasteiger partial charge in [0.2, 0.25) is 0 Å². The van der Waals surface area contributed by atoms with E-state index in [1.54, 1.807) is 0 Å². The lowest BCUT2D eigenvalue weighted by atomic mass is 10.0. The second-order valence-electron chi connectivity index (χ2n) is 4.29. The predicted molar refractivity (Wildman–Crippen MR) is 74.5 cm³/mol. The Balaban J connectivity index is 0.00000162. The highest BCUT2D eigenvalue weighted by Gasteiger charge is 2.14. The quantitative estimate of drug-likeness (QED) is 0.805. The van der Waals surface area contributed by atoms with Gasteiger partial charge in [0.05, 0.1) is 0 Å². The zero-order valence-corrected chi connectivity index (χ0v) is 11.2. The van der Waals surface area contributed by atoms with Crippen molar-refractivity contribution >= 4 is 12.4 Å². The van der Waals surface area contributed by atoms with Crippen LogP contribution in [0.3, 0.4) is 0 Å². The molecule has 0 radical (unpaired) electrons. The van der Waals surface area contributed by atoms with Crippen LogP contribution < -0.4 is 20.9 Å². The second kappa shape index (κ2) is 7.46. The van der Waals surface area contributed by atoms with Crippen molar-refractivity contribution in [3.63, 3.8) is 0 Å². The van der Waals surface area contributed by atoms with Crippen molar-refractivity contribution in [1.82, 2.24) is 0 Å². The fourth-order valence-corrected chi connectivity index (χ4v) is 1.97. The number of hydrogen-bond acceptors (Lipinski definition) is 4. The Kier molecular flexibility index (Phi) is 6.25. The van der Waals surface area contributed by atoms with Crippen molar-refractivity contribution in [3.05, 3.63) is 23.8 Å². The van der Waals surface area contributed by atoms with Crippen LogP contribution in [0.4, 0.5) is 0 Å². The van der Waals surface area contributed by atoms with E-state index in [9.17, 15) is 0 Å². The van der Waals surface area contributed by atoms with Gasteiger partial charge in [-0.3, -0.25) is 0 Å². The van der Waals surface area contributed by atoms with Crippen LogP contribution in [0.25, 0.3) is 0 Å². The molecule has 0 saturated heterocycles. The Morgan fingerprint density at radius 1 is 1.11 bits per heavy atom. The lowest BCUT2D eigenvalue weighted by molar-refractivity contribution is 0.171. The van der Waals surface area contributed by atoms with E-state index in [0.717, 1.165) is 42.9 Å². The van der Waals surface area contributed by atoms with Gasteiger partial charge < -0.3 is 20.9 Å². The molecule has 0 spiro atoms. The van der Waals surface area contributed by atoms with Crippen LogP contribution in [0.5, 0.6) is 11.5 Å². The summed E-state index contributed by atoms with van der Waals surface area (Å²) in [6.45, 7) is 1.96. The third kappa shape index (κ3) is 3.77. The number of fused-ring (bicyclic) bond motifs is 1. The van der Waals surface area contributed by atoms with Crippen molar-refractivity contribution in [2.24, 2.45) is 11.5 Å². The number of rotatable bonds is 5. The second-order valence-corrected chi connectivity index (χ2v) is 4.29. The minimum atomic E-state index is 0. The summed E-state index contributed by atoms with van der Waals surface area (Å²) in [5.41, 5.74) is 12.7. The Hall–Kier alpha value is -0.970. The van der Waals surface area contributed by atoms with Gasteiger partial charge in [0.25, 0.3) is 0 Å². The summed E-state index contributed by atoms with van der Waals surface area (Å²) in [4.78, 5) is 0. The predicted octanol–water partition coefficient (Wildman–Crippen LogP) is 2.01. The van der Waals surface area contributed by atoms with Gasteiger partial charge >= 0.3 is 0 Å². The van der Waals surface area contributed by atoms with Crippen molar-refractivity contribution in [1.29, 1.82) is 0 Å². The summed E-state index contributed by atoms with van der Waals surface area (Å²) < 4.78 is 11.0. The lowest BCUT2D eigenvalue weighted by Gasteiger charge is -2.20. The minimum Gasteiger partial charge on any atom is -0.486 e. The molecule has 0 unspecified atom stereocenters. The normalized spacial score (nSPS) is 14.8. The first-order valence-corrected chi connectivity index (χ1v) is 6.16. The van der Waals surface area contributed by atoms with Crippen LogP contribution in [-0.4, -0.2) is 19.8 Å². The lowest BCUT2D eigenvalue weighted by Crippen LogP contribution is -2.17. The fourth-order valence-electron chi connectivity index (χ4n) is 1.97. The summed E-state index contributed by atoms with van der Waals surface area (Å²) in [7, 11) is 0. The highest BCUT2D eigenvalue weighted by atomic mass is 35.5. The molecule has 18 heavy (non-hydrogen) atoms. The van der Waals surface area contributed by atoms with Gasteiger partial charge in [-0.05, 0) is 37.1 Å². The number of nitrogens with two attached hydrogens (primary N) is 2. The molecular weight excluding hydrogens is 252 g/mol. The Morgan fingerprint density at radius 2 is 1.83 bits per heavy atom. The van der Waals surface area contributed by atoms with Crippen LogP contribution in [0.1, 0.15) is 30.9 Å². The number of halogens is 1. The van der Waals surface area contributed by atoms with Gasteiger partial charge in [0, 0.05) is 6.04 Å². The van der Waals surface area contributed by atoms with Crippen molar-refractivity contribution in [2.45, 2.75) is 25.3 Å². The van der Waals surface area contributed by atoms with E-state index in [1.165, 1.54) is 0 Å². The molecule has 0 amide bonds. The van der Waals surface area contributed by atoms with E-state index < -0.39 is 0 Å². The zero-order valence-electron chi connectivity index (χ0n) is 10.4. The molecule has 1 aromatic carbocycles. The topological polar surface area (TPSA) is 70.5 Å². The van der Waals surface area contributed by atoms with Gasteiger partial charge in [-0.25, -0.2) is 0 Å². The highest BCUT2D eigenvalue weighted by Crippen LogP contribution is 2.32. The molecule has 5 heteroatoms. The summed E-state index contributed by atoms with van der Waals surface area (Å²) in [5.74, 6) is 1.62. The van der Waals surface area contributed by atoms with Crippen LogP contribution in [0.15, 0.2) is 18.2 Å². The average Bonchev–Trinajstić information content (AvgIpc) is 2.38. The molecule has 4 nitrogen and oxygen atoms in total. The zero-order chi connectivity index (χ0) is 12.1. The van der Waals surface area contributed by atoms with E-state index in [4.69, 9.17) is 20.9 Å². The van der Waals surface area contributed by atoms with Gasteiger partial charge in [-0.15, -0.1) is 12.4 Å². The van der Waals surface area contributed by atoms with Gasteiger partial charge in [-0.1, -0.05) is 12.5 Å². The van der Waals surface area contributed by atoms with Gasteiger partial charge in [0.15, 0.2) is 11.5 Å². The molecule has 0 aliphatic carbocycles. The van der Waals surface area contributed by atoms with Crippen LogP contribution in [0, 0.1) is 0 Å². The molecule has 1 aromatic rings. The van der Waals surface area contributed by atoms with Crippen LogP contribution >= 0.6 is 12.4 Å². The van der Waals surface area contributed by atoms with Crippen LogP contribution in [0.2, 0.25) is 0 Å². The smallest absolute Gasteiger partial charge is 0.161 e. The summed E-state index contributed by atoms with van der Waals surface area (Å²) in [5, 5.41) is 0. The standard InChI is InChI=1S/C13H20N2O2.ClH/c14-6-2-1-3-11(15)10-4-5-12-13(9-10)17-8-7-16-12;/h4-5,9,11H,1-3,6-8,14-15H2;1H/t11-;/m1./s1. The maximum absolute atomic E-state index is 6.13. The number of ether oxygens (including phenoxy) is 2. The molecule has 0 bridgehead atoms. The maximum atomic E-state index is 6.13. The van der Waals surface area contributed by atoms with E-state index in [0.29, 0.717) is 13.2 Å². The van der Waals surface area contributed by atoms with E-state index in [2.05, 4.69) is 0 Å². The molecule has 102 valence electrons. The molecule has 0 aromatic heterocycles. The first-order valence-electron chi connectivity index (χ1n) is 6.16. The van der Waals surface area contributed by atoms with E-state index in [-0.39, 0.29) is 18.4 Å². The van der Waals surface area contributed by atoms with E-state index >= 15 is 0 Å². The summed E-state index contributed by atoms with van der Waals surface area (Å²) >= 11 is 0. The highest BCUT2D eigenvalue weighted by molar-refractivity contribution is 5.85. The van der Waals surface area contributed by atoms with Crippen molar-refractivity contribution in [3.8, 4) is 11.5 Å². The average molecular weight is 273 g/mol. The molecule has 0 saturated carbocycles. The van der Waals surface area contributed by atoms with Gasteiger partial charge in [-0.2, -0.15) is 0 Å².